The summed E-state index contributed by atoms with van der Waals surface area (Å²) in [6.45, 7) is 2.97. The monoisotopic (exact) mass is 326 g/mol. The number of hydrogen-bond donors (Lipinski definition) is 2. The molecule has 1 unspecified atom stereocenters. The van der Waals surface area contributed by atoms with Crippen molar-refractivity contribution in [3.63, 3.8) is 0 Å². The average Bonchev–Trinajstić information content (AvgIpc) is 3.07. The minimum absolute atomic E-state index is 0.104. The molecule has 0 saturated carbocycles. The maximum absolute atomic E-state index is 12.2. The zero-order valence-corrected chi connectivity index (χ0v) is 13.6. The van der Waals surface area contributed by atoms with Crippen LogP contribution in [-0.4, -0.2) is 41.3 Å². The predicted molar refractivity (Wildman–Crippen MR) is 91.8 cm³/mol. The molecule has 0 bridgehead atoms. The number of benzene rings is 1. The highest BCUT2D eigenvalue weighted by molar-refractivity contribution is 5.94. The molecule has 1 aromatic heterocycles. The Labute approximate surface area is 141 Å². The zero-order valence-electron chi connectivity index (χ0n) is 13.6. The number of amides is 1. The van der Waals surface area contributed by atoms with E-state index in [0.29, 0.717) is 13.2 Å². The molecule has 2 aliphatic heterocycles. The number of hydrogen-bond acceptors (Lipinski definition) is 4. The molecule has 4 rings (SSSR count). The normalized spacial score (nSPS) is 20.4. The first-order valence-electron chi connectivity index (χ1n) is 8.59. The molecule has 0 spiro atoms. The Balaban J connectivity index is 1.46. The fourth-order valence-electron chi connectivity index (χ4n) is 3.33. The first-order chi connectivity index (χ1) is 11.8. The molecule has 2 aromatic rings. The molecule has 0 aliphatic carbocycles. The van der Waals surface area contributed by atoms with Crippen LogP contribution in [0.1, 0.15) is 18.5 Å². The molecule has 6 heteroatoms. The molecule has 126 valence electrons. The van der Waals surface area contributed by atoms with Crippen molar-refractivity contribution in [3.8, 4) is 11.4 Å². The number of aromatic nitrogens is 2. The van der Waals surface area contributed by atoms with Gasteiger partial charge >= 0.3 is 0 Å². The maximum Gasteiger partial charge on any atom is 0.254 e. The van der Waals surface area contributed by atoms with Gasteiger partial charge in [0.15, 0.2) is 0 Å². The third kappa shape index (κ3) is 3.07. The number of nitrogens with one attached hydrogen (secondary N) is 2. The molecule has 1 amide bonds. The average molecular weight is 326 g/mol. The van der Waals surface area contributed by atoms with E-state index in [2.05, 4.69) is 20.2 Å². The minimum Gasteiger partial charge on any atom is -0.366 e. The number of anilines is 1. The summed E-state index contributed by atoms with van der Waals surface area (Å²) >= 11 is 0. The van der Waals surface area contributed by atoms with Crippen molar-refractivity contribution in [1.29, 1.82) is 0 Å². The van der Waals surface area contributed by atoms with Gasteiger partial charge in [-0.3, -0.25) is 4.79 Å². The lowest BCUT2D eigenvalue weighted by molar-refractivity contribution is -0.128. The summed E-state index contributed by atoms with van der Waals surface area (Å²) < 4.78 is 7.77. The van der Waals surface area contributed by atoms with Gasteiger partial charge in [-0.2, -0.15) is 0 Å². The zero-order chi connectivity index (χ0) is 16.4. The Kier molecular flexibility index (Phi) is 4.32. The van der Waals surface area contributed by atoms with Gasteiger partial charge in [0.25, 0.3) is 5.91 Å². The summed E-state index contributed by atoms with van der Waals surface area (Å²) in [5, 5.41) is 6.08. The van der Waals surface area contributed by atoms with Crippen LogP contribution in [0.4, 0.5) is 5.69 Å². The van der Waals surface area contributed by atoms with E-state index in [9.17, 15) is 4.79 Å². The van der Waals surface area contributed by atoms with Crippen molar-refractivity contribution >= 4 is 11.6 Å². The molecule has 2 N–H and O–H groups in total. The summed E-state index contributed by atoms with van der Waals surface area (Å²) in [6, 6.07) is 7.88. The molecule has 1 fully saturated rings. The van der Waals surface area contributed by atoms with Crippen LogP contribution in [0, 0.1) is 0 Å². The lowest BCUT2D eigenvalue weighted by Gasteiger charge is -2.22. The predicted octanol–water partition coefficient (Wildman–Crippen LogP) is 1.81. The van der Waals surface area contributed by atoms with Crippen LogP contribution in [0.3, 0.4) is 0 Å². The standard InChI is InChI=1S/C18H22N4O2/c23-18(16-12-19-8-10-24-16)21-14-6-4-13(5-7-14)17-20-11-15-3-1-2-9-22(15)17/h4-7,11,16,19H,1-3,8-10,12H2,(H,21,23). The van der Waals surface area contributed by atoms with E-state index in [1.165, 1.54) is 18.5 Å². The first-order valence-corrected chi connectivity index (χ1v) is 8.59. The van der Waals surface area contributed by atoms with E-state index in [0.717, 1.165) is 36.6 Å². The van der Waals surface area contributed by atoms with Gasteiger partial charge in [-0.1, -0.05) is 0 Å². The van der Waals surface area contributed by atoms with Crippen LogP contribution in [-0.2, 0) is 22.5 Å². The van der Waals surface area contributed by atoms with Crippen molar-refractivity contribution in [2.24, 2.45) is 0 Å². The SMILES string of the molecule is O=C(Nc1ccc(-c2ncc3n2CCCC3)cc1)C1CNCCO1. The molecule has 6 nitrogen and oxygen atoms in total. The Morgan fingerprint density at radius 1 is 1.29 bits per heavy atom. The highest BCUT2D eigenvalue weighted by Gasteiger charge is 2.21. The molecular weight excluding hydrogens is 304 g/mol. The number of carbonyl (C=O) groups is 1. The third-order valence-electron chi connectivity index (χ3n) is 4.63. The molecule has 1 saturated heterocycles. The smallest absolute Gasteiger partial charge is 0.254 e. The summed E-state index contributed by atoms with van der Waals surface area (Å²) in [5.41, 5.74) is 3.18. The molecule has 2 aliphatic rings. The van der Waals surface area contributed by atoms with Gasteiger partial charge < -0.3 is 19.9 Å². The van der Waals surface area contributed by atoms with E-state index < -0.39 is 6.10 Å². The minimum atomic E-state index is -0.419. The number of imidazole rings is 1. The van der Waals surface area contributed by atoms with Crippen molar-refractivity contribution in [2.75, 3.05) is 25.0 Å². The maximum atomic E-state index is 12.2. The van der Waals surface area contributed by atoms with Crippen LogP contribution in [0.2, 0.25) is 0 Å². The van der Waals surface area contributed by atoms with Gasteiger partial charge in [0.2, 0.25) is 0 Å². The van der Waals surface area contributed by atoms with Gasteiger partial charge in [-0.25, -0.2) is 4.98 Å². The second-order valence-electron chi connectivity index (χ2n) is 6.31. The Hall–Kier alpha value is -2.18. The summed E-state index contributed by atoms with van der Waals surface area (Å²) in [6.07, 6.45) is 5.13. The second kappa shape index (κ2) is 6.75. The number of rotatable bonds is 3. The summed E-state index contributed by atoms with van der Waals surface area (Å²) in [5.74, 6) is 0.913. The fraction of sp³-hybridized carbons (Fsp3) is 0.444. The largest absolute Gasteiger partial charge is 0.366 e. The van der Waals surface area contributed by atoms with E-state index in [4.69, 9.17) is 4.74 Å². The van der Waals surface area contributed by atoms with Gasteiger partial charge in [-0.05, 0) is 43.5 Å². The highest BCUT2D eigenvalue weighted by Crippen LogP contribution is 2.25. The van der Waals surface area contributed by atoms with E-state index >= 15 is 0 Å². The van der Waals surface area contributed by atoms with Gasteiger partial charge in [0, 0.05) is 42.8 Å². The molecule has 3 heterocycles. The molecule has 0 radical (unpaired) electrons. The Morgan fingerprint density at radius 2 is 2.17 bits per heavy atom. The van der Waals surface area contributed by atoms with Crippen LogP contribution >= 0.6 is 0 Å². The lowest BCUT2D eigenvalue weighted by atomic mass is 10.1. The third-order valence-corrected chi connectivity index (χ3v) is 4.63. The Morgan fingerprint density at radius 3 is 2.96 bits per heavy atom. The molecule has 1 aromatic carbocycles. The van der Waals surface area contributed by atoms with Gasteiger partial charge in [0.05, 0.1) is 6.61 Å². The highest BCUT2D eigenvalue weighted by atomic mass is 16.5. The summed E-state index contributed by atoms with van der Waals surface area (Å²) in [7, 11) is 0. The number of carbonyl (C=O) groups excluding carboxylic acids is 1. The molecular formula is C18H22N4O2. The number of ether oxygens (including phenoxy) is 1. The van der Waals surface area contributed by atoms with Crippen LogP contribution in [0.15, 0.2) is 30.5 Å². The van der Waals surface area contributed by atoms with Gasteiger partial charge in [0.1, 0.15) is 11.9 Å². The van der Waals surface area contributed by atoms with Gasteiger partial charge in [-0.15, -0.1) is 0 Å². The van der Waals surface area contributed by atoms with Crippen LogP contribution < -0.4 is 10.6 Å². The molecule has 24 heavy (non-hydrogen) atoms. The number of fused-ring (bicyclic) bond motifs is 1. The van der Waals surface area contributed by atoms with Crippen molar-refractivity contribution < 1.29 is 9.53 Å². The van der Waals surface area contributed by atoms with E-state index in [1.807, 2.05) is 30.5 Å². The Bertz CT molecular complexity index is 717. The first kappa shape index (κ1) is 15.4. The second-order valence-corrected chi connectivity index (χ2v) is 6.31. The topological polar surface area (TPSA) is 68.2 Å². The van der Waals surface area contributed by atoms with Crippen molar-refractivity contribution in [2.45, 2.75) is 31.9 Å². The van der Waals surface area contributed by atoms with Crippen LogP contribution in [0.25, 0.3) is 11.4 Å². The number of morpholine rings is 1. The van der Waals surface area contributed by atoms with Crippen LogP contribution in [0.5, 0.6) is 0 Å². The lowest BCUT2D eigenvalue weighted by Crippen LogP contribution is -2.45. The number of aryl methyl sites for hydroxylation is 1. The summed E-state index contributed by atoms with van der Waals surface area (Å²) in [4.78, 5) is 16.8. The van der Waals surface area contributed by atoms with E-state index in [1.54, 1.807) is 0 Å². The number of nitrogens with zero attached hydrogens (tertiary/aromatic N) is 2. The van der Waals surface area contributed by atoms with Crippen molar-refractivity contribution in [3.05, 3.63) is 36.2 Å². The van der Waals surface area contributed by atoms with E-state index in [-0.39, 0.29) is 5.91 Å². The van der Waals surface area contributed by atoms with Crippen molar-refractivity contribution in [1.82, 2.24) is 14.9 Å². The fourth-order valence-corrected chi connectivity index (χ4v) is 3.33. The quantitative estimate of drug-likeness (QED) is 0.903. The molecule has 1 atom stereocenters.